The van der Waals surface area contributed by atoms with Crippen LogP contribution < -0.4 is 10.2 Å². The van der Waals surface area contributed by atoms with E-state index in [2.05, 4.69) is 56.8 Å². The van der Waals surface area contributed by atoms with Crippen LogP contribution in [0.5, 0.6) is 0 Å². The first-order valence-electron chi connectivity index (χ1n) is 7.58. The summed E-state index contributed by atoms with van der Waals surface area (Å²) in [4.78, 5) is 12.5. The molecule has 1 aromatic carbocycles. The lowest BCUT2D eigenvalue weighted by Gasteiger charge is -2.29. The number of hydrogen-bond acceptors (Lipinski definition) is 5. The number of nitrogens with zero attached hydrogens (tertiary/aromatic N) is 3. The molecule has 1 aliphatic heterocycles. The van der Waals surface area contributed by atoms with Crippen LogP contribution in [0.4, 0.5) is 5.82 Å². The second kappa shape index (κ2) is 5.66. The number of thiophene rings is 1. The molecule has 0 spiro atoms. The van der Waals surface area contributed by atoms with Crippen molar-refractivity contribution in [2.75, 3.05) is 31.1 Å². The van der Waals surface area contributed by atoms with E-state index < -0.39 is 0 Å². The van der Waals surface area contributed by atoms with Gasteiger partial charge in [0, 0.05) is 37.1 Å². The van der Waals surface area contributed by atoms with Crippen molar-refractivity contribution in [3.05, 3.63) is 41.5 Å². The zero-order chi connectivity index (χ0) is 14.9. The summed E-state index contributed by atoms with van der Waals surface area (Å²) in [5, 5.41) is 6.79. The topological polar surface area (TPSA) is 41.1 Å². The molecule has 0 amide bonds. The Bertz CT molecular complexity index is 788. The SMILES string of the molecule is Cc1ccc(-c2csc3ncnc(N4CCNCC4)c23)cc1. The lowest BCUT2D eigenvalue weighted by Crippen LogP contribution is -2.44. The first-order valence-corrected chi connectivity index (χ1v) is 8.46. The summed E-state index contributed by atoms with van der Waals surface area (Å²) in [6.45, 7) is 6.13. The lowest BCUT2D eigenvalue weighted by molar-refractivity contribution is 0.586. The van der Waals surface area contributed by atoms with Gasteiger partial charge in [-0.25, -0.2) is 9.97 Å². The number of piperazine rings is 1. The predicted molar refractivity (Wildman–Crippen MR) is 92.7 cm³/mol. The van der Waals surface area contributed by atoms with Crippen molar-refractivity contribution in [1.82, 2.24) is 15.3 Å². The van der Waals surface area contributed by atoms with Gasteiger partial charge in [0.05, 0.1) is 5.39 Å². The summed E-state index contributed by atoms with van der Waals surface area (Å²) < 4.78 is 0. The molecule has 0 aliphatic carbocycles. The summed E-state index contributed by atoms with van der Waals surface area (Å²) in [6.07, 6.45) is 1.69. The van der Waals surface area contributed by atoms with Gasteiger partial charge in [-0.05, 0) is 12.5 Å². The van der Waals surface area contributed by atoms with Gasteiger partial charge in [0.2, 0.25) is 0 Å². The predicted octanol–water partition coefficient (Wildman–Crippen LogP) is 3.08. The van der Waals surface area contributed by atoms with Gasteiger partial charge in [-0.1, -0.05) is 29.8 Å². The van der Waals surface area contributed by atoms with Crippen molar-refractivity contribution >= 4 is 27.4 Å². The van der Waals surface area contributed by atoms with Gasteiger partial charge in [0.25, 0.3) is 0 Å². The van der Waals surface area contributed by atoms with Crippen LogP contribution in [-0.4, -0.2) is 36.1 Å². The number of fused-ring (bicyclic) bond motifs is 1. The third kappa shape index (κ3) is 2.36. The molecule has 22 heavy (non-hydrogen) atoms. The van der Waals surface area contributed by atoms with E-state index in [9.17, 15) is 0 Å². The second-order valence-corrected chi connectivity index (χ2v) is 6.49. The van der Waals surface area contributed by atoms with Crippen LogP contribution in [0.1, 0.15) is 5.56 Å². The Morgan fingerprint density at radius 1 is 1.09 bits per heavy atom. The molecule has 5 heteroatoms. The molecule has 0 atom stereocenters. The molecule has 3 aromatic rings. The van der Waals surface area contributed by atoms with E-state index in [1.54, 1.807) is 17.7 Å². The van der Waals surface area contributed by atoms with Gasteiger partial charge in [0.1, 0.15) is 17.0 Å². The third-order valence-corrected chi connectivity index (χ3v) is 5.02. The summed E-state index contributed by atoms with van der Waals surface area (Å²) in [5.41, 5.74) is 3.76. The number of anilines is 1. The quantitative estimate of drug-likeness (QED) is 0.790. The fraction of sp³-hybridized carbons (Fsp3) is 0.294. The molecule has 1 saturated heterocycles. The first-order chi connectivity index (χ1) is 10.8. The van der Waals surface area contributed by atoms with Gasteiger partial charge in [-0.15, -0.1) is 11.3 Å². The summed E-state index contributed by atoms with van der Waals surface area (Å²) in [7, 11) is 0. The monoisotopic (exact) mass is 310 g/mol. The lowest BCUT2D eigenvalue weighted by atomic mass is 10.0. The zero-order valence-corrected chi connectivity index (χ0v) is 13.4. The number of hydrogen-bond donors (Lipinski definition) is 1. The maximum Gasteiger partial charge on any atom is 0.141 e. The maximum atomic E-state index is 4.60. The molecular weight excluding hydrogens is 292 g/mol. The van der Waals surface area contributed by atoms with Gasteiger partial charge in [0.15, 0.2) is 0 Å². The first kappa shape index (κ1) is 13.7. The Morgan fingerprint density at radius 2 is 1.86 bits per heavy atom. The molecule has 4 nitrogen and oxygen atoms in total. The molecule has 3 heterocycles. The largest absolute Gasteiger partial charge is 0.353 e. The molecule has 0 unspecified atom stereocenters. The van der Waals surface area contributed by atoms with E-state index in [4.69, 9.17) is 0 Å². The highest BCUT2D eigenvalue weighted by molar-refractivity contribution is 7.17. The molecule has 1 N–H and O–H groups in total. The van der Waals surface area contributed by atoms with E-state index in [0.29, 0.717) is 0 Å². The number of benzene rings is 1. The molecule has 4 rings (SSSR count). The molecule has 1 fully saturated rings. The average Bonchev–Trinajstić information content (AvgIpc) is 3.00. The van der Waals surface area contributed by atoms with Gasteiger partial charge in [-0.2, -0.15) is 0 Å². The van der Waals surface area contributed by atoms with Crippen LogP contribution in [0.15, 0.2) is 36.0 Å². The van der Waals surface area contributed by atoms with Crippen LogP contribution >= 0.6 is 11.3 Å². The minimum Gasteiger partial charge on any atom is -0.353 e. The standard InChI is InChI=1S/C17H18N4S/c1-12-2-4-13(5-3-12)14-10-22-17-15(14)16(19-11-20-17)21-8-6-18-7-9-21/h2-5,10-11,18H,6-9H2,1H3. The molecule has 112 valence electrons. The van der Waals surface area contributed by atoms with E-state index in [0.717, 1.165) is 36.8 Å². The van der Waals surface area contributed by atoms with Crippen molar-refractivity contribution in [2.45, 2.75) is 6.92 Å². The van der Waals surface area contributed by atoms with Gasteiger partial charge >= 0.3 is 0 Å². The van der Waals surface area contributed by atoms with Gasteiger partial charge < -0.3 is 10.2 Å². The third-order valence-electron chi connectivity index (χ3n) is 4.13. The van der Waals surface area contributed by atoms with Crippen molar-refractivity contribution in [3.63, 3.8) is 0 Å². The van der Waals surface area contributed by atoms with Crippen LogP contribution in [0.2, 0.25) is 0 Å². The second-order valence-electron chi connectivity index (χ2n) is 5.63. The highest BCUT2D eigenvalue weighted by atomic mass is 32.1. The maximum absolute atomic E-state index is 4.60. The smallest absolute Gasteiger partial charge is 0.141 e. The Morgan fingerprint density at radius 3 is 2.64 bits per heavy atom. The Kier molecular flexibility index (Phi) is 3.52. The average molecular weight is 310 g/mol. The normalized spacial score (nSPS) is 15.4. The van der Waals surface area contributed by atoms with Crippen LogP contribution in [0, 0.1) is 6.92 Å². The Labute approximate surface area is 133 Å². The van der Waals surface area contributed by atoms with Crippen LogP contribution in [-0.2, 0) is 0 Å². The molecule has 2 aromatic heterocycles. The molecular formula is C17H18N4S. The van der Waals surface area contributed by atoms with Crippen molar-refractivity contribution < 1.29 is 0 Å². The Hall–Kier alpha value is -1.98. The van der Waals surface area contributed by atoms with Crippen molar-refractivity contribution in [2.24, 2.45) is 0 Å². The van der Waals surface area contributed by atoms with Crippen LogP contribution in [0.3, 0.4) is 0 Å². The van der Waals surface area contributed by atoms with E-state index in [1.807, 2.05) is 0 Å². The summed E-state index contributed by atoms with van der Waals surface area (Å²) in [5.74, 6) is 1.07. The minimum absolute atomic E-state index is 0.995. The minimum atomic E-state index is 0.995. The Balaban J connectivity index is 1.87. The highest BCUT2D eigenvalue weighted by Gasteiger charge is 2.19. The number of aromatic nitrogens is 2. The van der Waals surface area contributed by atoms with Gasteiger partial charge in [-0.3, -0.25) is 0 Å². The van der Waals surface area contributed by atoms with E-state index in [1.165, 1.54) is 22.1 Å². The molecule has 0 saturated carbocycles. The fourth-order valence-corrected chi connectivity index (χ4v) is 3.83. The van der Waals surface area contributed by atoms with Crippen molar-refractivity contribution in [1.29, 1.82) is 0 Å². The summed E-state index contributed by atoms with van der Waals surface area (Å²) in [6, 6.07) is 8.69. The summed E-state index contributed by atoms with van der Waals surface area (Å²) >= 11 is 1.70. The highest BCUT2D eigenvalue weighted by Crippen LogP contribution is 2.37. The van der Waals surface area contributed by atoms with Crippen LogP contribution in [0.25, 0.3) is 21.3 Å². The van der Waals surface area contributed by atoms with E-state index in [-0.39, 0.29) is 0 Å². The number of rotatable bonds is 2. The fourth-order valence-electron chi connectivity index (χ4n) is 2.92. The number of nitrogens with one attached hydrogen (secondary N) is 1. The molecule has 0 radical (unpaired) electrons. The zero-order valence-electron chi connectivity index (χ0n) is 12.5. The molecule has 1 aliphatic rings. The van der Waals surface area contributed by atoms with E-state index >= 15 is 0 Å². The van der Waals surface area contributed by atoms with Crippen molar-refractivity contribution in [3.8, 4) is 11.1 Å². The number of aryl methyl sites for hydroxylation is 1. The molecule has 0 bridgehead atoms.